The average Bonchev–Trinajstić information content (AvgIpc) is 2.54. The summed E-state index contributed by atoms with van der Waals surface area (Å²) in [5.41, 5.74) is 3.54. The molecule has 5 rings (SSSR count). The van der Waals surface area contributed by atoms with E-state index in [0.29, 0.717) is 0 Å². The Balaban J connectivity index is 1.88. The zero-order valence-corrected chi connectivity index (χ0v) is 13.7. The van der Waals surface area contributed by atoms with Gasteiger partial charge in [0.05, 0.1) is 0 Å². The van der Waals surface area contributed by atoms with Crippen LogP contribution >= 0.6 is 22.6 Å². The Morgan fingerprint density at radius 3 is 1.73 bits per heavy atom. The first-order chi connectivity index (χ1) is 10.8. The molecule has 0 unspecified atom stereocenters. The van der Waals surface area contributed by atoms with Crippen LogP contribution in [0.5, 0.6) is 23.0 Å². The lowest BCUT2D eigenvalue weighted by Crippen LogP contribution is -2.57. The number of rotatable bonds is 0. The van der Waals surface area contributed by atoms with E-state index in [2.05, 4.69) is 59.0 Å². The smallest absolute Gasteiger partial charge is 0.260 e. The predicted octanol–water partition coefficient (Wildman–Crippen LogP) is 3.02. The molecular weight excluding hydrogens is 386 g/mol. The van der Waals surface area contributed by atoms with Crippen molar-refractivity contribution in [3.05, 3.63) is 64.2 Å². The second-order valence-corrected chi connectivity index (χ2v) is 6.77. The molecule has 0 saturated carbocycles. The summed E-state index contributed by atoms with van der Waals surface area (Å²) in [5.74, 6) is 3.68. The molecule has 0 aliphatic carbocycles. The average molecular weight is 396 g/mol. The van der Waals surface area contributed by atoms with Crippen LogP contribution in [0.15, 0.2) is 60.7 Å². The van der Waals surface area contributed by atoms with Crippen LogP contribution in [-0.2, 0) is 0 Å². The van der Waals surface area contributed by atoms with Gasteiger partial charge in [-0.15, -0.1) is 0 Å². The van der Waals surface area contributed by atoms with Crippen molar-refractivity contribution in [1.29, 1.82) is 0 Å². The van der Waals surface area contributed by atoms with E-state index >= 15 is 0 Å². The Bertz CT molecular complexity index is 852. The van der Waals surface area contributed by atoms with E-state index in [4.69, 9.17) is 9.47 Å². The van der Waals surface area contributed by atoms with Crippen LogP contribution in [0.25, 0.3) is 0 Å². The molecule has 2 aliphatic heterocycles. The topological polar surface area (TPSA) is 18.5 Å². The van der Waals surface area contributed by atoms with Gasteiger partial charge in [-0.05, 0) is 57.8 Å². The van der Waals surface area contributed by atoms with Gasteiger partial charge in [-0.2, -0.15) is 0 Å². The summed E-state index contributed by atoms with van der Waals surface area (Å²) < 4.78 is 13.4. The zero-order chi connectivity index (χ0) is 14.7. The van der Waals surface area contributed by atoms with Crippen molar-refractivity contribution >= 4 is 45.7 Å². The van der Waals surface area contributed by atoms with E-state index in [1.807, 2.05) is 24.3 Å². The lowest BCUT2D eigenvalue weighted by atomic mass is 9.35. The SMILES string of the molecule is Ic1cc2c3c(c1)Oc1ccccc1B3c1ccccc1O2. The molecule has 0 saturated heterocycles. The first kappa shape index (κ1) is 12.6. The fraction of sp³-hybridized carbons (Fsp3) is 0. The van der Waals surface area contributed by atoms with Crippen LogP contribution in [0, 0.1) is 3.57 Å². The maximum Gasteiger partial charge on any atom is 0.260 e. The van der Waals surface area contributed by atoms with Gasteiger partial charge in [0, 0.05) is 9.03 Å². The number of benzene rings is 3. The summed E-state index contributed by atoms with van der Waals surface area (Å²) in [5, 5.41) is 0. The van der Waals surface area contributed by atoms with Crippen molar-refractivity contribution in [2.75, 3.05) is 0 Å². The van der Waals surface area contributed by atoms with E-state index in [9.17, 15) is 0 Å². The molecule has 0 radical (unpaired) electrons. The maximum atomic E-state index is 6.14. The molecule has 104 valence electrons. The first-order valence-corrected chi connectivity index (χ1v) is 8.26. The fourth-order valence-corrected chi connectivity index (χ4v) is 3.93. The quantitative estimate of drug-likeness (QED) is 0.296. The van der Waals surface area contributed by atoms with Crippen molar-refractivity contribution in [1.82, 2.24) is 0 Å². The zero-order valence-electron chi connectivity index (χ0n) is 11.5. The molecule has 2 nitrogen and oxygen atoms in total. The number of hydrogen-bond donors (Lipinski definition) is 0. The summed E-state index contributed by atoms with van der Waals surface area (Å²) in [6.07, 6.45) is 0. The predicted molar refractivity (Wildman–Crippen MR) is 96.8 cm³/mol. The maximum absolute atomic E-state index is 6.14. The highest BCUT2D eigenvalue weighted by Gasteiger charge is 2.39. The van der Waals surface area contributed by atoms with Gasteiger partial charge in [0.25, 0.3) is 6.71 Å². The number of ether oxygens (including phenoxy) is 2. The minimum absolute atomic E-state index is 0.178. The molecule has 0 N–H and O–H groups in total. The molecule has 0 fully saturated rings. The summed E-state index contributed by atoms with van der Waals surface area (Å²) in [4.78, 5) is 0. The molecule has 0 aromatic heterocycles. The van der Waals surface area contributed by atoms with E-state index in [1.165, 1.54) is 10.9 Å². The van der Waals surface area contributed by atoms with E-state index in [0.717, 1.165) is 32.0 Å². The molecule has 0 bridgehead atoms. The van der Waals surface area contributed by atoms with Gasteiger partial charge in [0.2, 0.25) is 0 Å². The molecule has 3 aromatic carbocycles. The Hall–Kier alpha value is -1.95. The number of halogens is 1. The highest BCUT2D eigenvalue weighted by Crippen LogP contribution is 2.35. The molecule has 2 heterocycles. The molecule has 0 amide bonds. The van der Waals surface area contributed by atoms with Crippen LogP contribution in [0.3, 0.4) is 0 Å². The van der Waals surface area contributed by atoms with Gasteiger partial charge < -0.3 is 9.47 Å². The third-order valence-corrected chi connectivity index (χ3v) is 4.88. The lowest BCUT2D eigenvalue weighted by Gasteiger charge is -2.32. The van der Waals surface area contributed by atoms with Crippen LogP contribution in [0.1, 0.15) is 0 Å². The van der Waals surface area contributed by atoms with E-state index in [-0.39, 0.29) is 6.71 Å². The van der Waals surface area contributed by atoms with E-state index in [1.54, 1.807) is 0 Å². The largest absolute Gasteiger partial charge is 0.458 e. The molecule has 0 atom stereocenters. The Kier molecular flexibility index (Phi) is 2.59. The van der Waals surface area contributed by atoms with Gasteiger partial charge in [-0.25, -0.2) is 0 Å². The summed E-state index contributed by atoms with van der Waals surface area (Å²) in [6, 6.07) is 20.7. The Labute approximate surface area is 142 Å². The summed E-state index contributed by atoms with van der Waals surface area (Å²) >= 11 is 2.31. The number of para-hydroxylation sites is 2. The first-order valence-electron chi connectivity index (χ1n) is 7.18. The Morgan fingerprint density at radius 1 is 0.682 bits per heavy atom. The van der Waals surface area contributed by atoms with Crippen molar-refractivity contribution in [2.24, 2.45) is 0 Å². The van der Waals surface area contributed by atoms with Crippen LogP contribution in [0.4, 0.5) is 0 Å². The highest BCUT2D eigenvalue weighted by molar-refractivity contribution is 14.1. The molecule has 4 heteroatoms. The summed E-state index contributed by atoms with van der Waals surface area (Å²) in [7, 11) is 0. The van der Waals surface area contributed by atoms with Gasteiger partial charge in [-0.1, -0.05) is 36.4 Å². The standard InChI is InChI=1S/C18H10BIO2/c20-11-9-16-18-17(10-11)22-15-8-4-2-6-13(15)19(18)12-5-1-3-7-14(12)21-16/h1-10H. The molecule has 0 spiro atoms. The van der Waals surface area contributed by atoms with E-state index < -0.39 is 0 Å². The molecule has 2 aliphatic rings. The molecule has 22 heavy (non-hydrogen) atoms. The number of fused-ring (bicyclic) bond motifs is 4. The molecule has 3 aromatic rings. The van der Waals surface area contributed by atoms with Crippen molar-refractivity contribution in [3.8, 4) is 23.0 Å². The number of hydrogen-bond acceptors (Lipinski definition) is 2. The van der Waals surface area contributed by atoms with Crippen molar-refractivity contribution in [2.45, 2.75) is 0 Å². The monoisotopic (exact) mass is 396 g/mol. The third-order valence-electron chi connectivity index (χ3n) is 4.26. The van der Waals surface area contributed by atoms with Crippen LogP contribution in [0.2, 0.25) is 0 Å². The van der Waals surface area contributed by atoms with Crippen molar-refractivity contribution in [3.63, 3.8) is 0 Å². The summed E-state index contributed by atoms with van der Waals surface area (Å²) in [6.45, 7) is 0.178. The fourth-order valence-electron chi connectivity index (χ4n) is 3.36. The minimum Gasteiger partial charge on any atom is -0.458 e. The minimum atomic E-state index is 0.178. The lowest BCUT2D eigenvalue weighted by molar-refractivity contribution is 0.464. The third kappa shape index (κ3) is 1.67. The van der Waals surface area contributed by atoms with Crippen LogP contribution in [-0.4, -0.2) is 6.71 Å². The van der Waals surface area contributed by atoms with Crippen molar-refractivity contribution < 1.29 is 9.47 Å². The Morgan fingerprint density at radius 2 is 1.18 bits per heavy atom. The molecular formula is C18H10BIO2. The highest BCUT2D eigenvalue weighted by atomic mass is 127. The van der Waals surface area contributed by atoms with Gasteiger partial charge in [-0.3, -0.25) is 0 Å². The van der Waals surface area contributed by atoms with Crippen LogP contribution < -0.4 is 25.9 Å². The van der Waals surface area contributed by atoms with Gasteiger partial charge >= 0.3 is 0 Å². The normalized spacial score (nSPS) is 13.4. The second-order valence-electron chi connectivity index (χ2n) is 5.53. The van der Waals surface area contributed by atoms with Gasteiger partial charge in [0.1, 0.15) is 23.0 Å². The van der Waals surface area contributed by atoms with Gasteiger partial charge in [0.15, 0.2) is 0 Å². The second kappa shape index (κ2) is 4.52.